The molecule has 26 heavy (non-hydrogen) atoms. The summed E-state index contributed by atoms with van der Waals surface area (Å²) in [6, 6.07) is 14.6. The third-order valence-corrected chi connectivity index (χ3v) is 3.94. The van der Waals surface area contributed by atoms with E-state index in [-0.39, 0.29) is 18.4 Å². The van der Waals surface area contributed by atoms with Crippen LogP contribution in [0.1, 0.15) is 12.5 Å². The van der Waals surface area contributed by atoms with E-state index in [0.29, 0.717) is 10.7 Å². The van der Waals surface area contributed by atoms with Crippen molar-refractivity contribution in [3.8, 4) is 0 Å². The lowest BCUT2D eigenvalue weighted by Crippen LogP contribution is -2.18. The zero-order valence-electron chi connectivity index (χ0n) is 14.1. The van der Waals surface area contributed by atoms with Crippen molar-refractivity contribution in [2.45, 2.75) is 13.5 Å². The molecule has 0 saturated heterocycles. The van der Waals surface area contributed by atoms with Gasteiger partial charge in [0, 0.05) is 40.3 Å². The molecule has 2 N–H and O–H groups in total. The molecular weight excluding hydrogens is 352 g/mol. The second kappa shape index (κ2) is 7.84. The first kappa shape index (κ1) is 17.7. The number of rotatable bonds is 5. The number of halogens is 1. The number of aromatic nitrogens is 1. The van der Waals surface area contributed by atoms with Crippen LogP contribution in [0.4, 0.5) is 5.69 Å². The van der Waals surface area contributed by atoms with Gasteiger partial charge in [-0.1, -0.05) is 29.8 Å². The molecule has 1 heterocycles. The summed E-state index contributed by atoms with van der Waals surface area (Å²) in [4.78, 5) is 23.3. The van der Waals surface area contributed by atoms with Gasteiger partial charge >= 0.3 is 0 Å². The summed E-state index contributed by atoms with van der Waals surface area (Å²) in [5, 5.41) is 8.31. The predicted molar refractivity (Wildman–Crippen MR) is 103 cm³/mol. The molecule has 3 aromatic rings. The lowest BCUT2D eigenvalue weighted by Gasteiger charge is -2.07. The molecule has 0 aliphatic heterocycles. The number of para-hydroxylation sites is 1. The van der Waals surface area contributed by atoms with Crippen LogP contribution in [0.2, 0.25) is 5.02 Å². The zero-order chi connectivity index (χ0) is 18.5. The first-order valence-corrected chi connectivity index (χ1v) is 8.33. The van der Waals surface area contributed by atoms with Crippen molar-refractivity contribution in [3.05, 3.63) is 65.3 Å². The largest absolute Gasteiger partial charge is 0.337 e. The van der Waals surface area contributed by atoms with Gasteiger partial charge in [0.1, 0.15) is 6.54 Å². The highest BCUT2D eigenvalue weighted by atomic mass is 35.5. The molecule has 0 aliphatic carbocycles. The molecule has 0 fully saturated rings. The van der Waals surface area contributed by atoms with Crippen molar-refractivity contribution in [2.75, 3.05) is 5.32 Å². The standard InChI is InChI=1S/C19H17ClN4O2/c1-13(25)23-21-10-14-11-24(18-5-3-2-4-17(14)18)12-19(26)22-16-8-6-15(20)7-9-16/h2-11H,12H2,1H3,(H,22,26)(H,23,25)/b21-10-. The molecule has 6 nitrogen and oxygen atoms in total. The first-order chi connectivity index (χ1) is 12.5. The molecule has 2 aromatic carbocycles. The molecular formula is C19H17ClN4O2. The van der Waals surface area contributed by atoms with Gasteiger partial charge in [0.05, 0.1) is 6.21 Å². The summed E-state index contributed by atoms with van der Waals surface area (Å²) in [6.45, 7) is 1.54. The Balaban J connectivity index is 1.80. The Kier molecular flexibility index (Phi) is 5.34. The highest BCUT2D eigenvalue weighted by Crippen LogP contribution is 2.20. The average molecular weight is 369 g/mol. The van der Waals surface area contributed by atoms with Crippen LogP contribution in [0.3, 0.4) is 0 Å². The quantitative estimate of drug-likeness (QED) is 0.535. The topological polar surface area (TPSA) is 75.5 Å². The number of nitrogens with one attached hydrogen (secondary N) is 2. The van der Waals surface area contributed by atoms with Gasteiger partial charge in [0.25, 0.3) is 0 Å². The second-order valence-corrected chi connectivity index (χ2v) is 6.15. The van der Waals surface area contributed by atoms with Gasteiger partial charge in [0.15, 0.2) is 0 Å². The van der Waals surface area contributed by atoms with Gasteiger partial charge in [0.2, 0.25) is 11.8 Å². The summed E-state index contributed by atoms with van der Waals surface area (Å²) in [5.41, 5.74) is 4.78. The molecule has 132 valence electrons. The third kappa shape index (κ3) is 4.29. The van der Waals surface area contributed by atoms with Crippen LogP contribution in [-0.2, 0) is 16.1 Å². The maximum absolute atomic E-state index is 12.4. The number of amides is 2. The van der Waals surface area contributed by atoms with Crippen LogP contribution in [0.25, 0.3) is 10.9 Å². The minimum atomic E-state index is -0.243. The van der Waals surface area contributed by atoms with Crippen LogP contribution < -0.4 is 10.7 Å². The summed E-state index contributed by atoms with van der Waals surface area (Å²) >= 11 is 5.85. The van der Waals surface area contributed by atoms with Crippen LogP contribution >= 0.6 is 11.6 Å². The van der Waals surface area contributed by atoms with Crippen molar-refractivity contribution < 1.29 is 9.59 Å². The Morgan fingerprint density at radius 3 is 2.62 bits per heavy atom. The van der Waals surface area contributed by atoms with Crippen LogP contribution in [0, 0.1) is 0 Å². The third-order valence-electron chi connectivity index (χ3n) is 3.69. The van der Waals surface area contributed by atoms with Gasteiger partial charge in [-0.2, -0.15) is 5.10 Å². The molecule has 7 heteroatoms. The van der Waals surface area contributed by atoms with Gasteiger partial charge in [-0.15, -0.1) is 0 Å². The molecule has 0 radical (unpaired) electrons. The number of anilines is 1. The summed E-state index contributed by atoms with van der Waals surface area (Å²) in [5.74, 6) is -0.397. The molecule has 3 rings (SSSR count). The summed E-state index contributed by atoms with van der Waals surface area (Å²) in [7, 11) is 0. The van der Waals surface area contributed by atoms with E-state index in [1.54, 1.807) is 30.5 Å². The highest BCUT2D eigenvalue weighted by Gasteiger charge is 2.10. The van der Waals surface area contributed by atoms with Crippen molar-refractivity contribution in [1.82, 2.24) is 9.99 Å². The number of carbonyl (C=O) groups excluding carboxylic acids is 2. The van der Waals surface area contributed by atoms with E-state index < -0.39 is 0 Å². The lowest BCUT2D eigenvalue weighted by atomic mass is 10.2. The van der Waals surface area contributed by atoms with Gasteiger partial charge < -0.3 is 9.88 Å². The van der Waals surface area contributed by atoms with E-state index in [1.807, 2.05) is 35.0 Å². The number of carbonyl (C=O) groups is 2. The van der Waals surface area contributed by atoms with Crippen molar-refractivity contribution in [1.29, 1.82) is 0 Å². The number of hydrogen-bond donors (Lipinski definition) is 2. The fourth-order valence-corrected chi connectivity index (χ4v) is 2.72. The second-order valence-electron chi connectivity index (χ2n) is 5.71. The Hall–Kier alpha value is -3.12. The van der Waals surface area contributed by atoms with Crippen LogP contribution in [-0.4, -0.2) is 22.6 Å². The molecule has 0 aliphatic rings. The molecule has 0 bridgehead atoms. The van der Waals surface area contributed by atoms with E-state index in [4.69, 9.17) is 11.6 Å². The Labute approximate surface area is 155 Å². The smallest absolute Gasteiger partial charge is 0.244 e. The number of nitrogens with zero attached hydrogens (tertiary/aromatic N) is 2. The number of fused-ring (bicyclic) bond motifs is 1. The minimum absolute atomic E-state index is 0.150. The molecule has 1 aromatic heterocycles. The van der Waals surface area contributed by atoms with E-state index in [1.165, 1.54) is 6.92 Å². The number of benzene rings is 2. The van der Waals surface area contributed by atoms with Crippen LogP contribution in [0.15, 0.2) is 59.8 Å². The Morgan fingerprint density at radius 2 is 1.88 bits per heavy atom. The summed E-state index contributed by atoms with van der Waals surface area (Å²) in [6.07, 6.45) is 3.40. The Morgan fingerprint density at radius 1 is 1.15 bits per heavy atom. The first-order valence-electron chi connectivity index (χ1n) is 7.96. The fourth-order valence-electron chi connectivity index (χ4n) is 2.59. The maximum atomic E-state index is 12.4. The normalized spacial score (nSPS) is 11.0. The molecule has 0 unspecified atom stereocenters. The minimum Gasteiger partial charge on any atom is -0.337 e. The highest BCUT2D eigenvalue weighted by molar-refractivity contribution is 6.30. The van der Waals surface area contributed by atoms with E-state index in [9.17, 15) is 9.59 Å². The molecule has 0 atom stereocenters. The number of hydrogen-bond acceptors (Lipinski definition) is 3. The SMILES string of the molecule is CC(=O)N/N=C\c1cn(CC(=O)Nc2ccc(Cl)cc2)c2ccccc12. The molecule has 0 spiro atoms. The van der Waals surface area contributed by atoms with Gasteiger partial charge in [-0.05, 0) is 30.3 Å². The van der Waals surface area contributed by atoms with Crippen molar-refractivity contribution in [2.24, 2.45) is 5.10 Å². The molecule has 2 amide bonds. The van der Waals surface area contributed by atoms with E-state index >= 15 is 0 Å². The van der Waals surface area contributed by atoms with E-state index in [0.717, 1.165) is 16.5 Å². The molecule has 0 saturated carbocycles. The Bertz CT molecular complexity index is 977. The van der Waals surface area contributed by atoms with Gasteiger partial charge in [-0.3, -0.25) is 9.59 Å². The van der Waals surface area contributed by atoms with Crippen LogP contribution in [0.5, 0.6) is 0 Å². The number of hydrazone groups is 1. The van der Waals surface area contributed by atoms with Gasteiger partial charge in [-0.25, -0.2) is 5.43 Å². The fraction of sp³-hybridized carbons (Fsp3) is 0.105. The summed E-state index contributed by atoms with van der Waals surface area (Å²) < 4.78 is 1.84. The van der Waals surface area contributed by atoms with Crippen molar-refractivity contribution in [3.63, 3.8) is 0 Å². The lowest BCUT2D eigenvalue weighted by molar-refractivity contribution is -0.119. The average Bonchev–Trinajstić information content (AvgIpc) is 2.95. The maximum Gasteiger partial charge on any atom is 0.244 e. The predicted octanol–water partition coefficient (Wildman–Crippen LogP) is 3.40. The monoisotopic (exact) mass is 368 g/mol. The van der Waals surface area contributed by atoms with E-state index in [2.05, 4.69) is 15.8 Å². The zero-order valence-corrected chi connectivity index (χ0v) is 14.8. The van der Waals surface area contributed by atoms with Crippen molar-refractivity contribution >= 4 is 46.2 Å².